The van der Waals surface area contributed by atoms with E-state index in [2.05, 4.69) is 4.98 Å². The van der Waals surface area contributed by atoms with Gasteiger partial charge in [-0.1, -0.05) is 24.3 Å². The molecule has 0 amide bonds. The minimum absolute atomic E-state index is 0.484. The molecular formula is C15H14N2OS. The van der Waals surface area contributed by atoms with Crippen LogP contribution in [0.25, 0.3) is 10.8 Å². The van der Waals surface area contributed by atoms with Crippen molar-refractivity contribution < 1.29 is 4.74 Å². The van der Waals surface area contributed by atoms with Crippen molar-refractivity contribution in [3.63, 3.8) is 0 Å². The van der Waals surface area contributed by atoms with Crippen molar-refractivity contribution in [3.05, 3.63) is 52.5 Å². The van der Waals surface area contributed by atoms with E-state index in [0.717, 1.165) is 32.9 Å². The van der Waals surface area contributed by atoms with E-state index in [1.54, 1.807) is 11.3 Å². The summed E-state index contributed by atoms with van der Waals surface area (Å²) in [7, 11) is 0. The highest BCUT2D eigenvalue weighted by Gasteiger charge is 2.06. The Labute approximate surface area is 115 Å². The first-order chi connectivity index (χ1) is 9.24. The number of hydrogen-bond donors (Lipinski definition) is 1. The van der Waals surface area contributed by atoms with Gasteiger partial charge in [0.25, 0.3) is 0 Å². The maximum absolute atomic E-state index is 5.97. The fraction of sp³-hybridized carbons (Fsp3) is 0.133. The summed E-state index contributed by atoms with van der Waals surface area (Å²) in [5.41, 5.74) is 7.70. The van der Waals surface area contributed by atoms with Crippen LogP contribution in [0.1, 0.15) is 10.7 Å². The minimum Gasteiger partial charge on any atom is -0.487 e. The Hall–Kier alpha value is -2.07. The van der Waals surface area contributed by atoms with Crippen molar-refractivity contribution in [2.45, 2.75) is 13.5 Å². The second kappa shape index (κ2) is 4.90. The van der Waals surface area contributed by atoms with Crippen molar-refractivity contribution in [2.24, 2.45) is 0 Å². The van der Waals surface area contributed by atoms with E-state index < -0.39 is 0 Å². The number of nitrogen functional groups attached to an aromatic ring is 1. The lowest BCUT2D eigenvalue weighted by atomic mass is 10.1. The number of aromatic nitrogens is 1. The van der Waals surface area contributed by atoms with E-state index in [0.29, 0.717) is 6.61 Å². The number of aryl methyl sites for hydroxylation is 1. The molecule has 0 saturated heterocycles. The van der Waals surface area contributed by atoms with Gasteiger partial charge in [0.05, 0.1) is 10.7 Å². The summed E-state index contributed by atoms with van der Waals surface area (Å²) in [6.07, 6.45) is 0. The third kappa shape index (κ3) is 2.39. The molecule has 0 spiro atoms. The summed E-state index contributed by atoms with van der Waals surface area (Å²) >= 11 is 1.63. The zero-order chi connectivity index (χ0) is 13.2. The molecule has 4 heteroatoms. The molecule has 3 aromatic rings. The van der Waals surface area contributed by atoms with E-state index in [1.807, 2.05) is 48.7 Å². The average Bonchev–Trinajstić information content (AvgIpc) is 2.84. The molecule has 1 aromatic heterocycles. The van der Waals surface area contributed by atoms with Gasteiger partial charge < -0.3 is 10.5 Å². The number of thiazole rings is 1. The molecule has 2 aromatic carbocycles. The molecule has 96 valence electrons. The van der Waals surface area contributed by atoms with E-state index in [1.165, 1.54) is 0 Å². The van der Waals surface area contributed by atoms with E-state index in [9.17, 15) is 0 Å². The molecule has 0 aliphatic heterocycles. The maximum Gasteiger partial charge on any atom is 0.131 e. The van der Waals surface area contributed by atoms with Crippen LogP contribution in [0, 0.1) is 6.92 Å². The zero-order valence-electron chi connectivity index (χ0n) is 10.6. The number of hydrogen-bond acceptors (Lipinski definition) is 4. The summed E-state index contributed by atoms with van der Waals surface area (Å²) in [5, 5.41) is 5.14. The van der Waals surface area contributed by atoms with Crippen molar-refractivity contribution in [2.75, 3.05) is 5.73 Å². The van der Waals surface area contributed by atoms with Gasteiger partial charge in [-0.05, 0) is 19.1 Å². The third-order valence-electron chi connectivity index (χ3n) is 2.96. The Bertz CT molecular complexity index is 721. The largest absolute Gasteiger partial charge is 0.487 e. The second-order valence-corrected chi connectivity index (χ2v) is 5.41. The first-order valence-electron chi connectivity index (χ1n) is 6.05. The van der Waals surface area contributed by atoms with Gasteiger partial charge in [0.2, 0.25) is 0 Å². The van der Waals surface area contributed by atoms with Gasteiger partial charge in [-0.2, -0.15) is 0 Å². The number of nitrogens with zero attached hydrogens (tertiary/aromatic N) is 1. The molecule has 0 saturated carbocycles. The van der Waals surface area contributed by atoms with Crippen LogP contribution in [0.3, 0.4) is 0 Å². The fourth-order valence-corrected chi connectivity index (χ4v) is 2.64. The number of nitrogens with two attached hydrogens (primary N) is 1. The van der Waals surface area contributed by atoms with Crippen LogP contribution in [0.15, 0.2) is 41.8 Å². The first kappa shape index (κ1) is 12.0. The summed E-state index contributed by atoms with van der Waals surface area (Å²) in [4.78, 5) is 4.39. The van der Waals surface area contributed by atoms with Crippen LogP contribution < -0.4 is 10.5 Å². The van der Waals surface area contributed by atoms with Crippen LogP contribution in [-0.2, 0) is 6.61 Å². The lowest BCUT2D eigenvalue weighted by Crippen LogP contribution is -1.97. The average molecular weight is 270 g/mol. The molecule has 3 rings (SSSR count). The molecule has 0 radical (unpaired) electrons. The summed E-state index contributed by atoms with van der Waals surface area (Å²) in [6, 6.07) is 11.8. The number of fused-ring (bicyclic) bond motifs is 1. The Kier molecular flexibility index (Phi) is 3.09. The number of rotatable bonds is 3. The highest BCUT2D eigenvalue weighted by atomic mass is 32.1. The smallest absolute Gasteiger partial charge is 0.131 e. The Morgan fingerprint density at radius 3 is 2.68 bits per heavy atom. The maximum atomic E-state index is 5.97. The molecule has 19 heavy (non-hydrogen) atoms. The monoisotopic (exact) mass is 270 g/mol. The predicted molar refractivity (Wildman–Crippen MR) is 79.5 cm³/mol. The normalized spacial score (nSPS) is 10.8. The molecule has 0 aliphatic rings. The van der Waals surface area contributed by atoms with Gasteiger partial charge in [-0.15, -0.1) is 11.3 Å². The van der Waals surface area contributed by atoms with Gasteiger partial charge >= 0.3 is 0 Å². The van der Waals surface area contributed by atoms with Crippen LogP contribution in [0.5, 0.6) is 5.75 Å². The molecular weight excluding hydrogens is 256 g/mol. The quantitative estimate of drug-likeness (QED) is 0.737. The Balaban J connectivity index is 1.91. The van der Waals surface area contributed by atoms with E-state index >= 15 is 0 Å². The lowest BCUT2D eigenvalue weighted by Gasteiger charge is -2.09. The molecule has 0 fully saturated rings. The Morgan fingerprint density at radius 2 is 1.95 bits per heavy atom. The molecule has 0 bridgehead atoms. The highest BCUT2D eigenvalue weighted by Crippen LogP contribution is 2.30. The molecule has 2 N–H and O–H groups in total. The lowest BCUT2D eigenvalue weighted by molar-refractivity contribution is 0.306. The highest BCUT2D eigenvalue weighted by molar-refractivity contribution is 7.09. The van der Waals surface area contributed by atoms with Crippen molar-refractivity contribution in [1.29, 1.82) is 0 Å². The SMILES string of the molecule is Cc1nc(COc2ccc(N)c3ccccc23)cs1. The van der Waals surface area contributed by atoms with Gasteiger partial charge in [-0.3, -0.25) is 0 Å². The molecule has 0 unspecified atom stereocenters. The van der Waals surface area contributed by atoms with Gasteiger partial charge in [0.1, 0.15) is 12.4 Å². The Morgan fingerprint density at radius 1 is 1.16 bits per heavy atom. The van der Waals surface area contributed by atoms with E-state index in [4.69, 9.17) is 10.5 Å². The topological polar surface area (TPSA) is 48.1 Å². The summed E-state index contributed by atoms with van der Waals surface area (Å²) in [5.74, 6) is 0.843. The standard InChI is InChI=1S/C15H14N2OS/c1-10-17-11(9-19-10)8-18-15-7-6-14(16)12-4-2-3-5-13(12)15/h2-7,9H,8,16H2,1H3. The fourth-order valence-electron chi connectivity index (χ4n) is 2.05. The molecule has 1 heterocycles. The third-order valence-corrected chi connectivity index (χ3v) is 3.78. The first-order valence-corrected chi connectivity index (χ1v) is 6.93. The van der Waals surface area contributed by atoms with Gasteiger partial charge in [-0.25, -0.2) is 4.98 Å². The number of ether oxygens (including phenoxy) is 1. The molecule has 3 nitrogen and oxygen atoms in total. The molecule has 0 atom stereocenters. The van der Waals surface area contributed by atoms with Gasteiger partial charge in [0, 0.05) is 21.8 Å². The molecule has 0 aliphatic carbocycles. The number of benzene rings is 2. The minimum atomic E-state index is 0.484. The van der Waals surface area contributed by atoms with Crippen LogP contribution in [0.4, 0.5) is 5.69 Å². The van der Waals surface area contributed by atoms with Gasteiger partial charge in [0.15, 0.2) is 0 Å². The van der Waals surface area contributed by atoms with Crippen molar-refractivity contribution >= 4 is 27.8 Å². The predicted octanol–water partition coefficient (Wildman–Crippen LogP) is 3.77. The van der Waals surface area contributed by atoms with Crippen LogP contribution in [0.2, 0.25) is 0 Å². The van der Waals surface area contributed by atoms with Crippen molar-refractivity contribution in [3.8, 4) is 5.75 Å². The summed E-state index contributed by atoms with van der Waals surface area (Å²) < 4.78 is 5.86. The van der Waals surface area contributed by atoms with E-state index in [-0.39, 0.29) is 0 Å². The van der Waals surface area contributed by atoms with Crippen LogP contribution in [-0.4, -0.2) is 4.98 Å². The van der Waals surface area contributed by atoms with Crippen molar-refractivity contribution in [1.82, 2.24) is 4.98 Å². The summed E-state index contributed by atoms with van der Waals surface area (Å²) in [6.45, 7) is 2.48. The number of anilines is 1. The second-order valence-electron chi connectivity index (χ2n) is 4.35. The van der Waals surface area contributed by atoms with Crippen LogP contribution >= 0.6 is 11.3 Å². The zero-order valence-corrected chi connectivity index (χ0v) is 11.4.